The summed E-state index contributed by atoms with van der Waals surface area (Å²) in [5.41, 5.74) is -2.50. The Morgan fingerprint density at radius 3 is 2.16 bits per heavy atom. The largest absolute Gasteiger partial charge is 0.433 e. The predicted molar refractivity (Wildman–Crippen MR) is 98.5 cm³/mol. The first-order chi connectivity index (χ1) is 15.0. The molecule has 0 bridgehead atoms. The van der Waals surface area contributed by atoms with Gasteiger partial charge >= 0.3 is 12.4 Å². The minimum absolute atomic E-state index is 0.0874. The van der Waals surface area contributed by atoms with E-state index in [1.54, 1.807) is 6.92 Å². The molecule has 0 aliphatic heterocycles. The molecular weight excluding hydrogens is 446 g/mol. The molecule has 0 saturated carbocycles. The van der Waals surface area contributed by atoms with Gasteiger partial charge in [0.15, 0.2) is 5.82 Å². The van der Waals surface area contributed by atoms with Crippen LogP contribution in [0.2, 0.25) is 0 Å². The second-order valence-corrected chi connectivity index (χ2v) is 6.35. The van der Waals surface area contributed by atoms with Crippen LogP contribution in [-0.4, -0.2) is 47.7 Å². The van der Waals surface area contributed by atoms with Gasteiger partial charge in [0.05, 0.1) is 6.61 Å². The summed E-state index contributed by atoms with van der Waals surface area (Å²) in [5, 5.41) is 14.4. The van der Waals surface area contributed by atoms with Crippen LogP contribution in [0.1, 0.15) is 18.3 Å². The van der Waals surface area contributed by atoms with Crippen LogP contribution < -0.4 is 10.6 Å². The molecule has 0 radical (unpaired) electrons. The molecule has 9 nitrogen and oxygen atoms in total. The predicted octanol–water partition coefficient (Wildman–Crippen LogP) is 3.30. The van der Waals surface area contributed by atoms with Gasteiger partial charge in [-0.1, -0.05) is 0 Å². The Labute approximate surface area is 176 Å². The molecule has 3 N–H and O–H groups in total. The lowest BCUT2D eigenvalue weighted by Gasteiger charge is -2.14. The number of nitrogens with zero attached hydrogens (tertiary/aromatic N) is 6. The molecule has 0 amide bonds. The van der Waals surface area contributed by atoms with E-state index in [4.69, 9.17) is 0 Å². The second kappa shape index (κ2) is 8.86. The lowest BCUT2D eigenvalue weighted by Crippen LogP contribution is -2.21. The summed E-state index contributed by atoms with van der Waals surface area (Å²) in [5.74, 6) is -1.35. The summed E-state index contributed by atoms with van der Waals surface area (Å²) in [6, 6.07) is 2.02. The fourth-order valence-electron chi connectivity index (χ4n) is 2.28. The summed E-state index contributed by atoms with van der Waals surface area (Å²) < 4.78 is 77.7. The van der Waals surface area contributed by atoms with E-state index in [1.165, 1.54) is 6.07 Å². The summed E-state index contributed by atoms with van der Waals surface area (Å²) >= 11 is 0. The number of anilines is 3. The van der Waals surface area contributed by atoms with Gasteiger partial charge in [-0.25, -0.2) is 9.97 Å². The van der Waals surface area contributed by atoms with Crippen molar-refractivity contribution in [2.45, 2.75) is 25.3 Å². The van der Waals surface area contributed by atoms with Gasteiger partial charge in [0.1, 0.15) is 11.4 Å². The number of hydrogen-bond donors (Lipinski definition) is 3. The van der Waals surface area contributed by atoms with Gasteiger partial charge < -0.3 is 15.7 Å². The molecule has 15 heteroatoms. The van der Waals surface area contributed by atoms with Crippen molar-refractivity contribution in [3.05, 3.63) is 42.0 Å². The topological polar surface area (TPSA) is 122 Å². The molecule has 1 unspecified atom stereocenters. The molecule has 3 rings (SSSR count). The van der Waals surface area contributed by atoms with Crippen molar-refractivity contribution >= 4 is 17.6 Å². The Morgan fingerprint density at radius 2 is 1.50 bits per heavy atom. The maximum absolute atomic E-state index is 13.0. The lowest BCUT2D eigenvalue weighted by molar-refractivity contribution is -0.141. The van der Waals surface area contributed by atoms with E-state index >= 15 is 0 Å². The smallest absolute Gasteiger partial charge is 0.394 e. The van der Waals surface area contributed by atoms with Crippen molar-refractivity contribution in [1.82, 2.24) is 29.9 Å². The fraction of sp³-hybridized carbons (Fsp3) is 0.294. The third-order valence-corrected chi connectivity index (χ3v) is 3.74. The molecule has 0 aliphatic carbocycles. The van der Waals surface area contributed by atoms with Crippen molar-refractivity contribution in [2.24, 2.45) is 0 Å². The molecule has 32 heavy (non-hydrogen) atoms. The molecule has 3 heterocycles. The number of aliphatic hydroxyl groups excluding tert-OH is 1. The SMILES string of the molecule is CC(CO)Nc1nc(Nc2ccnc(C(F)(F)F)c2)nc(-c2nccc(C(F)(F)F)n2)n1. The van der Waals surface area contributed by atoms with Gasteiger partial charge in [0.25, 0.3) is 0 Å². The van der Waals surface area contributed by atoms with Crippen LogP contribution in [0, 0.1) is 0 Å². The van der Waals surface area contributed by atoms with E-state index in [2.05, 4.69) is 40.5 Å². The minimum atomic E-state index is -4.75. The number of nitrogens with one attached hydrogen (secondary N) is 2. The van der Waals surface area contributed by atoms with Gasteiger partial charge in [-0.15, -0.1) is 0 Å². The Morgan fingerprint density at radius 1 is 0.844 bits per heavy atom. The van der Waals surface area contributed by atoms with Crippen molar-refractivity contribution in [3.63, 3.8) is 0 Å². The van der Waals surface area contributed by atoms with E-state index in [0.29, 0.717) is 12.1 Å². The normalized spacial score (nSPS) is 13.0. The maximum atomic E-state index is 13.0. The highest BCUT2D eigenvalue weighted by molar-refractivity contribution is 5.57. The van der Waals surface area contributed by atoms with E-state index in [9.17, 15) is 31.4 Å². The summed E-state index contributed by atoms with van der Waals surface area (Å²) in [7, 11) is 0. The number of aromatic nitrogens is 6. The Bertz CT molecular complexity index is 1090. The Balaban J connectivity index is 2.03. The monoisotopic (exact) mass is 460 g/mol. The highest BCUT2D eigenvalue weighted by Gasteiger charge is 2.34. The average molecular weight is 460 g/mol. The zero-order valence-electron chi connectivity index (χ0n) is 16.1. The van der Waals surface area contributed by atoms with Gasteiger partial charge in [-0.2, -0.15) is 41.3 Å². The van der Waals surface area contributed by atoms with Crippen molar-refractivity contribution < 1.29 is 31.4 Å². The molecule has 3 aromatic rings. The standard InChI is InChI=1S/C17H14F6N8O/c1-8(7-32)26-14-29-13(12-25-5-3-10(28-12)16(18,19)20)30-15(31-14)27-9-2-4-24-11(6-9)17(21,22)23/h2-6,8,32H,7H2,1H3,(H2,24,26,27,29,30,31). The number of aliphatic hydroxyl groups is 1. The molecular formula is C17H14F6N8O. The third kappa shape index (κ3) is 5.75. The van der Waals surface area contributed by atoms with E-state index in [-0.39, 0.29) is 30.0 Å². The Kier molecular flexibility index (Phi) is 6.38. The fourth-order valence-corrected chi connectivity index (χ4v) is 2.28. The summed E-state index contributed by atoms with van der Waals surface area (Å²) in [6.45, 7) is 1.24. The molecule has 0 saturated heterocycles. The number of alkyl halides is 6. The van der Waals surface area contributed by atoms with E-state index in [1.807, 2.05) is 0 Å². The molecule has 0 spiro atoms. The first-order valence-corrected chi connectivity index (χ1v) is 8.80. The van der Waals surface area contributed by atoms with Gasteiger partial charge in [-0.3, -0.25) is 4.98 Å². The van der Waals surface area contributed by atoms with Crippen molar-refractivity contribution in [2.75, 3.05) is 17.2 Å². The highest BCUT2D eigenvalue weighted by atomic mass is 19.4. The number of hydrogen-bond acceptors (Lipinski definition) is 9. The summed E-state index contributed by atoms with van der Waals surface area (Å²) in [4.78, 5) is 22.2. The molecule has 0 fully saturated rings. The van der Waals surface area contributed by atoms with E-state index in [0.717, 1.165) is 12.4 Å². The van der Waals surface area contributed by atoms with E-state index < -0.39 is 35.6 Å². The quantitative estimate of drug-likeness (QED) is 0.476. The van der Waals surface area contributed by atoms with Crippen LogP contribution in [0.3, 0.4) is 0 Å². The zero-order chi connectivity index (χ0) is 23.5. The van der Waals surface area contributed by atoms with Crippen LogP contribution in [0.15, 0.2) is 30.6 Å². The highest BCUT2D eigenvalue weighted by Crippen LogP contribution is 2.30. The molecule has 170 valence electrons. The first-order valence-electron chi connectivity index (χ1n) is 8.80. The number of halogens is 6. The average Bonchev–Trinajstić information content (AvgIpc) is 2.72. The third-order valence-electron chi connectivity index (χ3n) is 3.74. The number of pyridine rings is 1. The van der Waals surface area contributed by atoms with Crippen LogP contribution in [0.25, 0.3) is 11.6 Å². The second-order valence-electron chi connectivity index (χ2n) is 6.35. The zero-order valence-corrected chi connectivity index (χ0v) is 16.1. The van der Waals surface area contributed by atoms with Crippen LogP contribution in [-0.2, 0) is 12.4 Å². The van der Waals surface area contributed by atoms with Crippen LogP contribution in [0.4, 0.5) is 43.9 Å². The van der Waals surface area contributed by atoms with Gasteiger partial charge in [0, 0.05) is 24.1 Å². The Hall–Kier alpha value is -3.62. The van der Waals surface area contributed by atoms with Crippen LogP contribution >= 0.6 is 0 Å². The summed E-state index contributed by atoms with van der Waals surface area (Å²) in [6.07, 6.45) is -7.67. The lowest BCUT2D eigenvalue weighted by atomic mass is 10.3. The first kappa shape index (κ1) is 23.1. The minimum Gasteiger partial charge on any atom is -0.394 e. The van der Waals surface area contributed by atoms with Gasteiger partial charge in [-0.05, 0) is 25.1 Å². The molecule has 0 aromatic carbocycles. The van der Waals surface area contributed by atoms with Gasteiger partial charge in [0.2, 0.25) is 17.7 Å². The van der Waals surface area contributed by atoms with Crippen molar-refractivity contribution in [3.8, 4) is 11.6 Å². The van der Waals surface area contributed by atoms with Crippen molar-refractivity contribution in [1.29, 1.82) is 0 Å². The number of rotatable bonds is 6. The van der Waals surface area contributed by atoms with Crippen LogP contribution in [0.5, 0.6) is 0 Å². The molecule has 0 aliphatic rings. The molecule has 1 atom stereocenters. The maximum Gasteiger partial charge on any atom is 0.433 e. The molecule has 3 aromatic heterocycles.